The highest BCUT2D eigenvalue weighted by molar-refractivity contribution is 5.71. The van der Waals surface area contributed by atoms with Gasteiger partial charge in [-0.05, 0) is 44.9 Å². The van der Waals surface area contributed by atoms with Gasteiger partial charge in [-0.3, -0.25) is 14.4 Å². The highest BCUT2D eigenvalue weighted by atomic mass is 16.6. The van der Waals surface area contributed by atoms with Crippen molar-refractivity contribution in [3.8, 4) is 0 Å². The molecule has 0 aliphatic rings. The molecule has 1 atom stereocenters. The molecule has 0 rings (SSSR count). The highest BCUT2D eigenvalue weighted by Crippen LogP contribution is 2.20. The predicted octanol–water partition coefficient (Wildman–Crippen LogP) is 26.3. The SMILES string of the molecule is CCCCCCCCCC/C=C\CCCCCCCCCCCCCCCC(=O)OC(COC(=O)CCCCCCCCC)COC(=O)CCCCCCCCCCCCCCCCCCCCCCCCCCCCCCCCCCC. The minimum absolute atomic E-state index is 0.0635. The van der Waals surface area contributed by atoms with Gasteiger partial charge in [0.2, 0.25) is 0 Å². The molecule has 0 radical (unpaired) electrons. The zero-order valence-electron chi connectivity index (χ0n) is 56.8. The Balaban J connectivity index is 3.93. The summed E-state index contributed by atoms with van der Waals surface area (Å²) in [6, 6.07) is 0. The molecule has 0 aromatic rings. The van der Waals surface area contributed by atoms with E-state index in [1.54, 1.807) is 0 Å². The minimum atomic E-state index is -0.765. The first kappa shape index (κ1) is 81.2. The van der Waals surface area contributed by atoms with E-state index in [0.717, 1.165) is 57.8 Å². The summed E-state index contributed by atoms with van der Waals surface area (Å²) >= 11 is 0. The smallest absolute Gasteiger partial charge is 0.306 e. The Morgan fingerprint density at radius 2 is 0.398 bits per heavy atom. The zero-order chi connectivity index (χ0) is 59.9. The number of hydrogen-bond donors (Lipinski definition) is 0. The molecular weight excluding hydrogens is 1020 g/mol. The Morgan fingerprint density at radius 1 is 0.229 bits per heavy atom. The maximum atomic E-state index is 12.9. The molecule has 6 heteroatoms. The van der Waals surface area contributed by atoms with Crippen LogP contribution in [0.4, 0.5) is 0 Å². The first-order valence-corrected chi connectivity index (χ1v) is 38.2. The van der Waals surface area contributed by atoms with Gasteiger partial charge in [0.15, 0.2) is 6.10 Å². The second-order valence-electron chi connectivity index (χ2n) is 26.3. The van der Waals surface area contributed by atoms with E-state index in [9.17, 15) is 14.4 Å². The molecule has 0 saturated carbocycles. The Labute approximate surface area is 520 Å². The second-order valence-corrected chi connectivity index (χ2v) is 26.3. The van der Waals surface area contributed by atoms with Crippen LogP contribution in [0, 0.1) is 0 Å². The Hall–Kier alpha value is -1.85. The van der Waals surface area contributed by atoms with Crippen LogP contribution in [0.25, 0.3) is 0 Å². The van der Waals surface area contributed by atoms with Crippen molar-refractivity contribution in [1.29, 1.82) is 0 Å². The zero-order valence-corrected chi connectivity index (χ0v) is 56.8. The van der Waals surface area contributed by atoms with Gasteiger partial charge in [-0.15, -0.1) is 0 Å². The number of rotatable bonds is 72. The second kappa shape index (κ2) is 72.6. The first-order valence-electron chi connectivity index (χ1n) is 38.2. The van der Waals surface area contributed by atoms with Crippen LogP contribution in [0.15, 0.2) is 12.2 Å². The van der Waals surface area contributed by atoms with E-state index in [2.05, 4.69) is 32.9 Å². The lowest BCUT2D eigenvalue weighted by Gasteiger charge is -2.18. The van der Waals surface area contributed by atoms with Crippen molar-refractivity contribution in [2.24, 2.45) is 0 Å². The largest absolute Gasteiger partial charge is 0.462 e. The molecule has 1 unspecified atom stereocenters. The molecule has 0 N–H and O–H groups in total. The molecule has 0 fully saturated rings. The number of hydrogen-bond acceptors (Lipinski definition) is 6. The summed E-state index contributed by atoms with van der Waals surface area (Å²) in [6.45, 7) is 6.69. The number of esters is 3. The average molecular weight is 1170 g/mol. The fourth-order valence-electron chi connectivity index (χ4n) is 12.0. The van der Waals surface area contributed by atoms with Crippen molar-refractivity contribution in [1.82, 2.24) is 0 Å². The summed E-state index contributed by atoms with van der Waals surface area (Å²) in [5.41, 5.74) is 0. The molecule has 0 aliphatic heterocycles. The van der Waals surface area contributed by atoms with E-state index in [1.165, 1.54) is 347 Å². The van der Waals surface area contributed by atoms with E-state index < -0.39 is 6.10 Å². The van der Waals surface area contributed by atoms with Crippen LogP contribution >= 0.6 is 0 Å². The fraction of sp³-hybridized carbons (Fsp3) is 0.935. The van der Waals surface area contributed by atoms with E-state index in [4.69, 9.17) is 14.2 Å². The normalized spacial score (nSPS) is 12.0. The molecule has 0 saturated heterocycles. The summed E-state index contributed by atoms with van der Waals surface area (Å²) in [6.07, 6.45) is 88.8. The van der Waals surface area contributed by atoms with E-state index in [-0.39, 0.29) is 31.1 Å². The number of unbranched alkanes of at least 4 members (excludes halogenated alkanes) is 59. The molecular formula is C77H148O6. The van der Waals surface area contributed by atoms with Crippen molar-refractivity contribution >= 4 is 17.9 Å². The third-order valence-corrected chi connectivity index (χ3v) is 17.8. The summed E-state index contributed by atoms with van der Waals surface area (Å²) in [5, 5.41) is 0. The van der Waals surface area contributed by atoms with Crippen molar-refractivity contribution < 1.29 is 28.6 Å². The molecule has 0 amide bonds. The lowest BCUT2D eigenvalue weighted by molar-refractivity contribution is -0.167. The van der Waals surface area contributed by atoms with Crippen LogP contribution in [0.3, 0.4) is 0 Å². The number of ether oxygens (including phenoxy) is 3. The molecule has 0 spiro atoms. The monoisotopic (exact) mass is 1170 g/mol. The standard InChI is InChI=1S/C77H148O6/c1-4-7-10-13-16-18-20-22-24-26-28-30-32-34-35-36-37-38-39-40-41-43-44-46-48-50-52-54-56-58-61-64-67-70-76(79)82-73-74(72-81-75(78)69-66-63-60-15-12-9-6-3)83-77(80)71-68-65-62-59-57-55-53-51-49-47-45-42-33-31-29-27-25-23-21-19-17-14-11-8-5-2/h27,29,74H,4-26,28,30-73H2,1-3H3/b29-27-. The number of carbonyl (C=O) groups is 3. The molecule has 6 nitrogen and oxygen atoms in total. The van der Waals surface area contributed by atoms with E-state index in [1.807, 2.05) is 0 Å². The molecule has 492 valence electrons. The third kappa shape index (κ3) is 70.8. The summed E-state index contributed by atoms with van der Waals surface area (Å²) in [5.74, 6) is -0.837. The Morgan fingerprint density at radius 3 is 0.602 bits per heavy atom. The Bertz CT molecular complexity index is 1300. The number of allylic oxidation sites excluding steroid dienone is 2. The third-order valence-electron chi connectivity index (χ3n) is 17.8. The van der Waals surface area contributed by atoms with Gasteiger partial charge in [-0.1, -0.05) is 392 Å². The van der Waals surface area contributed by atoms with Crippen molar-refractivity contribution in [2.75, 3.05) is 13.2 Å². The molecule has 0 heterocycles. The molecule has 0 aliphatic carbocycles. The van der Waals surface area contributed by atoms with Gasteiger partial charge in [0, 0.05) is 19.3 Å². The topological polar surface area (TPSA) is 78.9 Å². The lowest BCUT2D eigenvalue weighted by atomic mass is 10.0. The summed E-state index contributed by atoms with van der Waals surface area (Å²) in [4.78, 5) is 38.2. The van der Waals surface area contributed by atoms with Gasteiger partial charge >= 0.3 is 17.9 Å². The van der Waals surface area contributed by atoms with Crippen molar-refractivity contribution in [3.63, 3.8) is 0 Å². The quantitative estimate of drug-likeness (QED) is 0.0261. The van der Waals surface area contributed by atoms with Crippen LogP contribution < -0.4 is 0 Å². The molecule has 0 bridgehead atoms. The van der Waals surface area contributed by atoms with Gasteiger partial charge in [0.05, 0.1) is 0 Å². The number of carbonyl (C=O) groups excluding carboxylic acids is 3. The van der Waals surface area contributed by atoms with Crippen LogP contribution in [0.2, 0.25) is 0 Å². The van der Waals surface area contributed by atoms with Crippen LogP contribution in [-0.2, 0) is 28.6 Å². The van der Waals surface area contributed by atoms with Gasteiger partial charge in [-0.25, -0.2) is 0 Å². The maximum absolute atomic E-state index is 12.9. The van der Waals surface area contributed by atoms with Gasteiger partial charge in [0.1, 0.15) is 13.2 Å². The first-order chi connectivity index (χ1) is 41.0. The average Bonchev–Trinajstić information content (AvgIpc) is 3.50. The summed E-state index contributed by atoms with van der Waals surface area (Å²) < 4.78 is 16.9. The van der Waals surface area contributed by atoms with Crippen molar-refractivity contribution in [2.45, 2.75) is 451 Å². The highest BCUT2D eigenvalue weighted by Gasteiger charge is 2.20. The Kier molecular flexibility index (Phi) is 71.0. The van der Waals surface area contributed by atoms with Gasteiger partial charge in [0.25, 0.3) is 0 Å². The van der Waals surface area contributed by atoms with Crippen LogP contribution in [-0.4, -0.2) is 37.2 Å². The van der Waals surface area contributed by atoms with Crippen LogP contribution in [0.5, 0.6) is 0 Å². The van der Waals surface area contributed by atoms with Gasteiger partial charge in [-0.2, -0.15) is 0 Å². The fourth-order valence-corrected chi connectivity index (χ4v) is 12.0. The molecule has 83 heavy (non-hydrogen) atoms. The predicted molar refractivity (Wildman–Crippen MR) is 363 cm³/mol. The minimum Gasteiger partial charge on any atom is -0.462 e. The lowest BCUT2D eigenvalue weighted by Crippen LogP contribution is -2.30. The van der Waals surface area contributed by atoms with Crippen molar-refractivity contribution in [3.05, 3.63) is 12.2 Å². The molecule has 0 aromatic heterocycles. The van der Waals surface area contributed by atoms with E-state index in [0.29, 0.717) is 19.3 Å². The van der Waals surface area contributed by atoms with Crippen LogP contribution in [0.1, 0.15) is 445 Å². The maximum Gasteiger partial charge on any atom is 0.306 e. The van der Waals surface area contributed by atoms with Gasteiger partial charge < -0.3 is 14.2 Å². The summed E-state index contributed by atoms with van der Waals surface area (Å²) in [7, 11) is 0. The van der Waals surface area contributed by atoms with E-state index >= 15 is 0 Å². The molecule has 0 aromatic carbocycles.